The van der Waals surface area contributed by atoms with E-state index in [4.69, 9.17) is 4.74 Å². The zero-order chi connectivity index (χ0) is 23.9. The lowest BCUT2D eigenvalue weighted by atomic mass is 9.92. The first-order chi connectivity index (χ1) is 16.3. The number of nitrogens with zero attached hydrogens (tertiary/aromatic N) is 5. The summed E-state index contributed by atoms with van der Waals surface area (Å²) in [6.07, 6.45) is 3.33. The number of piperidine rings is 1. The van der Waals surface area contributed by atoms with Crippen molar-refractivity contribution in [1.82, 2.24) is 24.9 Å². The van der Waals surface area contributed by atoms with E-state index >= 15 is 0 Å². The van der Waals surface area contributed by atoms with Gasteiger partial charge in [0.2, 0.25) is 5.95 Å². The van der Waals surface area contributed by atoms with Crippen LogP contribution in [0.1, 0.15) is 38.2 Å². The molecule has 178 valence electrons. The van der Waals surface area contributed by atoms with Gasteiger partial charge in [-0.3, -0.25) is 5.32 Å². The van der Waals surface area contributed by atoms with Crippen LogP contribution in [0.3, 0.4) is 0 Å². The highest BCUT2D eigenvalue weighted by molar-refractivity contribution is 5.85. The maximum Gasteiger partial charge on any atom is 0.409 e. The number of hydrogen-bond donors (Lipinski definition) is 4. The van der Waals surface area contributed by atoms with Crippen LogP contribution in [0, 0.1) is 0 Å². The van der Waals surface area contributed by atoms with Gasteiger partial charge in [0.05, 0.1) is 6.54 Å². The summed E-state index contributed by atoms with van der Waals surface area (Å²) in [6, 6.07) is 5.48. The van der Waals surface area contributed by atoms with Crippen molar-refractivity contribution in [3.63, 3.8) is 0 Å². The number of aromatic nitrogens is 4. The van der Waals surface area contributed by atoms with Crippen molar-refractivity contribution in [3.8, 4) is 0 Å². The first-order valence-electron chi connectivity index (χ1n) is 11.2. The second-order valence-corrected chi connectivity index (χ2v) is 8.88. The molecule has 0 saturated carbocycles. The summed E-state index contributed by atoms with van der Waals surface area (Å²) in [5.74, 6) is 1.24. The molecule has 0 radical (unpaired) electrons. The maximum atomic E-state index is 11.5. The minimum absolute atomic E-state index is 0.157. The van der Waals surface area contributed by atoms with Crippen LogP contribution in [0.4, 0.5) is 32.7 Å². The zero-order valence-corrected chi connectivity index (χ0v) is 18.9. The van der Waals surface area contributed by atoms with Gasteiger partial charge >= 0.3 is 12.2 Å². The molecule has 2 aromatic heterocycles. The van der Waals surface area contributed by atoms with Crippen molar-refractivity contribution in [2.24, 2.45) is 0 Å². The van der Waals surface area contributed by atoms with Crippen LogP contribution in [-0.4, -0.2) is 62.1 Å². The van der Waals surface area contributed by atoms with E-state index in [1.165, 1.54) is 0 Å². The van der Waals surface area contributed by atoms with Gasteiger partial charge in [0, 0.05) is 49.7 Å². The molecule has 0 aliphatic carbocycles. The van der Waals surface area contributed by atoms with E-state index in [-0.39, 0.29) is 12.0 Å². The van der Waals surface area contributed by atoms with Gasteiger partial charge in [-0.25, -0.2) is 19.1 Å². The van der Waals surface area contributed by atoms with E-state index < -0.39 is 11.7 Å². The quantitative estimate of drug-likeness (QED) is 0.445. The van der Waals surface area contributed by atoms with Gasteiger partial charge in [-0.05, 0) is 23.6 Å². The summed E-state index contributed by atoms with van der Waals surface area (Å²) >= 11 is 0. The number of benzene rings is 1. The molecule has 0 atom stereocenters. The molecule has 0 unspecified atom stereocenters. The molecule has 0 bridgehead atoms. The molecular formula is C22H26N8O4. The predicted octanol–water partition coefficient (Wildman–Crippen LogP) is 3.16. The molecule has 34 heavy (non-hydrogen) atoms. The Morgan fingerprint density at radius 3 is 2.76 bits per heavy atom. The lowest BCUT2D eigenvalue weighted by molar-refractivity contribution is 0.0366. The van der Waals surface area contributed by atoms with Crippen molar-refractivity contribution in [2.45, 2.75) is 38.2 Å². The van der Waals surface area contributed by atoms with E-state index in [2.05, 4.69) is 35.9 Å². The van der Waals surface area contributed by atoms with E-state index in [0.29, 0.717) is 61.3 Å². The van der Waals surface area contributed by atoms with Gasteiger partial charge in [-0.2, -0.15) is 4.98 Å². The van der Waals surface area contributed by atoms with Crippen LogP contribution in [0.2, 0.25) is 0 Å². The Morgan fingerprint density at radius 2 is 2.09 bits per heavy atom. The number of carbonyl (C=O) groups is 2. The van der Waals surface area contributed by atoms with Crippen LogP contribution in [0.5, 0.6) is 0 Å². The predicted molar refractivity (Wildman–Crippen MR) is 125 cm³/mol. The summed E-state index contributed by atoms with van der Waals surface area (Å²) in [7, 11) is 0. The number of anilines is 4. The minimum Gasteiger partial charge on any atom is -0.465 e. The van der Waals surface area contributed by atoms with Gasteiger partial charge < -0.3 is 25.4 Å². The van der Waals surface area contributed by atoms with E-state index in [1.54, 1.807) is 23.0 Å². The van der Waals surface area contributed by atoms with Gasteiger partial charge in [0.25, 0.3) is 0 Å². The average Bonchev–Trinajstić information content (AvgIpc) is 3.36. The Kier molecular flexibility index (Phi) is 5.34. The normalized spacial score (nSPS) is 17.1. The van der Waals surface area contributed by atoms with Crippen LogP contribution in [0.15, 0.2) is 30.6 Å². The molecule has 5 rings (SSSR count). The molecule has 4 heterocycles. The van der Waals surface area contributed by atoms with Crippen LogP contribution < -0.4 is 20.9 Å². The molecule has 2 amide bonds. The summed E-state index contributed by atoms with van der Waals surface area (Å²) in [5.41, 5.74) is 2.23. The first-order valence-corrected chi connectivity index (χ1v) is 11.2. The van der Waals surface area contributed by atoms with Crippen molar-refractivity contribution in [1.29, 1.82) is 0 Å². The molecule has 2 aliphatic rings. The Bertz CT molecular complexity index is 1250. The van der Waals surface area contributed by atoms with Crippen molar-refractivity contribution in [3.05, 3.63) is 36.2 Å². The number of carboxylic acid groups (broad SMARTS) is 1. The molecule has 2 saturated heterocycles. The molecule has 4 N–H and O–H groups in total. The molecule has 12 nitrogen and oxygen atoms in total. The van der Waals surface area contributed by atoms with E-state index in [1.807, 2.05) is 26.0 Å². The Hall–Kier alpha value is -4.09. The number of carbonyl (C=O) groups excluding carboxylic acids is 1. The highest BCUT2D eigenvalue weighted by Crippen LogP contribution is 2.33. The summed E-state index contributed by atoms with van der Waals surface area (Å²) in [4.78, 5) is 34.0. The average molecular weight is 467 g/mol. The highest BCUT2D eigenvalue weighted by atomic mass is 16.6. The van der Waals surface area contributed by atoms with Crippen molar-refractivity contribution in [2.75, 3.05) is 35.2 Å². The zero-order valence-electron chi connectivity index (χ0n) is 18.9. The molecule has 2 aliphatic heterocycles. The lowest BCUT2D eigenvalue weighted by Crippen LogP contribution is -2.47. The fourth-order valence-electron chi connectivity index (χ4n) is 4.48. The standard InChI is InChI=1S/C22H26N8O4/c1-13(2)15-4-3-14(11-16(15)26-20(31)32)25-19-27-18-17(23-7-10-30(18)28-19)29-8-5-22(6-9-29)12-24-21(33)34-22/h3-4,7,10-11,13,26H,5-6,8-9,12H2,1-2H3,(H,24,33)(H,25,28)(H,31,32). The lowest BCUT2D eigenvalue weighted by Gasteiger charge is -2.37. The Balaban J connectivity index is 1.37. The fourth-order valence-corrected chi connectivity index (χ4v) is 4.48. The number of ether oxygens (including phenoxy) is 1. The van der Waals surface area contributed by atoms with Gasteiger partial charge in [-0.15, -0.1) is 5.10 Å². The van der Waals surface area contributed by atoms with Crippen molar-refractivity contribution < 1.29 is 19.4 Å². The first kappa shape index (κ1) is 21.7. The molecule has 2 fully saturated rings. The van der Waals surface area contributed by atoms with Gasteiger partial charge in [0.1, 0.15) is 5.60 Å². The molecule has 1 spiro atoms. The number of hydrogen-bond acceptors (Lipinski definition) is 8. The molecule has 1 aromatic carbocycles. The largest absolute Gasteiger partial charge is 0.465 e. The molecule has 3 aromatic rings. The summed E-state index contributed by atoms with van der Waals surface area (Å²) < 4.78 is 7.16. The number of alkyl carbamates (subject to hydrolysis) is 1. The third-order valence-electron chi connectivity index (χ3n) is 6.25. The third-order valence-corrected chi connectivity index (χ3v) is 6.25. The van der Waals surface area contributed by atoms with E-state index in [9.17, 15) is 14.7 Å². The smallest absolute Gasteiger partial charge is 0.409 e. The third kappa shape index (κ3) is 4.14. The van der Waals surface area contributed by atoms with E-state index in [0.717, 1.165) is 5.56 Å². The Labute approximate surface area is 195 Å². The number of nitrogens with one attached hydrogen (secondary N) is 3. The maximum absolute atomic E-state index is 11.5. The summed E-state index contributed by atoms with van der Waals surface area (Å²) in [5, 5.41) is 22.1. The number of rotatable bonds is 5. The fraction of sp³-hybridized carbons (Fsp3) is 0.409. The minimum atomic E-state index is -1.12. The SMILES string of the molecule is CC(C)c1ccc(Nc2nc3c(N4CCC5(CC4)CNC(=O)O5)nccn3n2)cc1NC(=O)O. The molecular weight excluding hydrogens is 440 g/mol. The second kappa shape index (κ2) is 8.36. The van der Waals surface area contributed by atoms with Gasteiger partial charge in [-0.1, -0.05) is 19.9 Å². The van der Waals surface area contributed by atoms with Gasteiger partial charge in [0.15, 0.2) is 11.5 Å². The highest BCUT2D eigenvalue weighted by Gasteiger charge is 2.43. The van der Waals surface area contributed by atoms with Crippen LogP contribution >= 0.6 is 0 Å². The number of amides is 2. The second-order valence-electron chi connectivity index (χ2n) is 8.88. The topological polar surface area (TPSA) is 146 Å². The summed E-state index contributed by atoms with van der Waals surface area (Å²) in [6.45, 7) is 5.90. The van der Waals surface area contributed by atoms with Crippen molar-refractivity contribution >= 4 is 41.0 Å². The molecule has 12 heteroatoms. The number of fused-ring (bicyclic) bond motifs is 1. The van der Waals surface area contributed by atoms with Crippen LogP contribution in [-0.2, 0) is 4.74 Å². The Morgan fingerprint density at radius 1 is 1.29 bits per heavy atom. The monoisotopic (exact) mass is 466 g/mol. The van der Waals surface area contributed by atoms with Crippen LogP contribution in [0.25, 0.3) is 5.65 Å².